The van der Waals surface area contributed by atoms with Gasteiger partial charge in [0.05, 0.1) is 0 Å². The molecule has 102 valence electrons. The molecule has 19 heavy (non-hydrogen) atoms. The lowest BCUT2D eigenvalue weighted by molar-refractivity contribution is -0.131. The molecule has 0 atom stereocenters. The highest BCUT2D eigenvalue weighted by molar-refractivity contribution is 5.79. The van der Waals surface area contributed by atoms with Crippen molar-refractivity contribution in [2.45, 2.75) is 19.3 Å². The van der Waals surface area contributed by atoms with Gasteiger partial charge in [-0.05, 0) is 43.8 Å². The molecule has 1 aromatic carbocycles. The average Bonchev–Trinajstić information content (AvgIpc) is 2.42. The highest BCUT2D eigenvalue weighted by Gasteiger charge is 2.18. The highest BCUT2D eigenvalue weighted by atomic mass is 16.4. The molecule has 1 aliphatic heterocycles. The van der Waals surface area contributed by atoms with Gasteiger partial charge in [0.1, 0.15) is 0 Å². The van der Waals surface area contributed by atoms with Crippen molar-refractivity contribution in [2.75, 3.05) is 19.6 Å². The minimum Gasteiger partial charge on any atom is -0.478 e. The second-order valence-electron chi connectivity index (χ2n) is 5.17. The smallest absolute Gasteiger partial charge is 0.328 e. The Morgan fingerprint density at radius 1 is 1.26 bits per heavy atom. The molecule has 0 unspecified atom stereocenters. The van der Waals surface area contributed by atoms with Crippen LogP contribution in [0.5, 0.6) is 0 Å². The van der Waals surface area contributed by atoms with Crippen LogP contribution in [0.15, 0.2) is 42.5 Å². The summed E-state index contributed by atoms with van der Waals surface area (Å²) in [5.74, 6) is -0.0962. The Morgan fingerprint density at radius 3 is 2.58 bits per heavy atom. The number of aliphatic carboxylic acids is 1. The molecular weight excluding hydrogens is 238 g/mol. The van der Waals surface area contributed by atoms with Gasteiger partial charge in [-0.3, -0.25) is 4.90 Å². The maximum absolute atomic E-state index is 10.4. The molecule has 0 bridgehead atoms. The van der Waals surface area contributed by atoms with Gasteiger partial charge < -0.3 is 5.11 Å². The summed E-state index contributed by atoms with van der Waals surface area (Å²) in [7, 11) is 0. The van der Waals surface area contributed by atoms with Gasteiger partial charge in [-0.25, -0.2) is 4.79 Å². The fourth-order valence-corrected chi connectivity index (χ4v) is 2.62. The predicted molar refractivity (Wildman–Crippen MR) is 76.1 cm³/mol. The molecule has 1 aliphatic rings. The van der Waals surface area contributed by atoms with Crippen LogP contribution in [-0.2, 0) is 11.2 Å². The van der Waals surface area contributed by atoms with E-state index in [2.05, 4.69) is 35.2 Å². The van der Waals surface area contributed by atoms with E-state index in [1.807, 2.05) is 0 Å². The second-order valence-corrected chi connectivity index (χ2v) is 5.17. The van der Waals surface area contributed by atoms with Gasteiger partial charge in [-0.2, -0.15) is 0 Å². The number of hydrogen-bond donors (Lipinski definition) is 1. The summed E-state index contributed by atoms with van der Waals surface area (Å²) in [6.07, 6.45) is 6.54. The number of carboxylic acids is 1. The normalized spacial score (nSPS) is 17.9. The van der Waals surface area contributed by atoms with Crippen molar-refractivity contribution >= 4 is 5.97 Å². The third kappa shape index (κ3) is 4.87. The van der Waals surface area contributed by atoms with E-state index in [1.54, 1.807) is 6.08 Å². The molecule has 0 amide bonds. The molecule has 0 spiro atoms. The summed E-state index contributed by atoms with van der Waals surface area (Å²) < 4.78 is 0. The fraction of sp³-hybridized carbons (Fsp3) is 0.438. The molecule has 3 heteroatoms. The Labute approximate surface area is 114 Å². The molecule has 0 saturated carbocycles. The van der Waals surface area contributed by atoms with Gasteiger partial charge in [0.15, 0.2) is 0 Å². The van der Waals surface area contributed by atoms with E-state index in [9.17, 15) is 4.79 Å². The number of benzene rings is 1. The molecule has 1 N–H and O–H groups in total. The zero-order chi connectivity index (χ0) is 13.5. The quantitative estimate of drug-likeness (QED) is 0.826. The topological polar surface area (TPSA) is 40.5 Å². The van der Waals surface area contributed by atoms with E-state index < -0.39 is 5.97 Å². The van der Waals surface area contributed by atoms with Crippen LogP contribution in [0.3, 0.4) is 0 Å². The molecule has 3 nitrogen and oxygen atoms in total. The summed E-state index contributed by atoms with van der Waals surface area (Å²) in [6, 6.07) is 10.6. The number of rotatable bonds is 5. The van der Waals surface area contributed by atoms with E-state index in [-0.39, 0.29) is 0 Å². The van der Waals surface area contributed by atoms with Gasteiger partial charge in [-0.1, -0.05) is 36.4 Å². The number of likely N-dealkylation sites (tertiary alicyclic amines) is 1. The lowest BCUT2D eigenvalue weighted by Crippen LogP contribution is -2.34. The molecule has 1 aromatic rings. The van der Waals surface area contributed by atoms with Crippen LogP contribution in [0.2, 0.25) is 0 Å². The Hall–Kier alpha value is -1.61. The van der Waals surface area contributed by atoms with E-state index in [4.69, 9.17) is 5.11 Å². The first-order chi connectivity index (χ1) is 9.24. The molecular formula is C16H21NO2. The molecule has 1 fully saturated rings. The van der Waals surface area contributed by atoms with Crippen molar-refractivity contribution in [3.8, 4) is 0 Å². The zero-order valence-electron chi connectivity index (χ0n) is 11.2. The van der Waals surface area contributed by atoms with Crippen LogP contribution >= 0.6 is 0 Å². The maximum Gasteiger partial charge on any atom is 0.328 e. The second kappa shape index (κ2) is 7.10. The van der Waals surface area contributed by atoms with Gasteiger partial charge in [0.2, 0.25) is 0 Å². The van der Waals surface area contributed by atoms with Crippen LogP contribution in [0.25, 0.3) is 0 Å². The number of piperidine rings is 1. The molecule has 0 aliphatic carbocycles. The molecule has 0 radical (unpaired) electrons. The van der Waals surface area contributed by atoms with Crippen molar-refractivity contribution in [1.82, 2.24) is 4.90 Å². The lowest BCUT2D eigenvalue weighted by Gasteiger charge is -2.31. The van der Waals surface area contributed by atoms with E-state index in [0.717, 1.165) is 25.6 Å². The number of carboxylic acid groups (broad SMARTS) is 1. The van der Waals surface area contributed by atoms with Crippen LogP contribution in [0, 0.1) is 5.92 Å². The van der Waals surface area contributed by atoms with Crippen molar-refractivity contribution < 1.29 is 9.90 Å². The fourth-order valence-electron chi connectivity index (χ4n) is 2.62. The maximum atomic E-state index is 10.4. The van der Waals surface area contributed by atoms with Crippen LogP contribution in [-0.4, -0.2) is 35.6 Å². The molecule has 1 heterocycles. The molecule has 1 saturated heterocycles. The van der Waals surface area contributed by atoms with E-state index in [1.165, 1.54) is 30.9 Å². The molecule has 2 rings (SSSR count). The highest BCUT2D eigenvalue weighted by Crippen LogP contribution is 2.21. The van der Waals surface area contributed by atoms with Crippen LogP contribution in [0.4, 0.5) is 0 Å². The Morgan fingerprint density at radius 2 is 1.95 bits per heavy atom. The number of nitrogens with zero attached hydrogens (tertiary/aromatic N) is 1. The Kier molecular flexibility index (Phi) is 5.16. The van der Waals surface area contributed by atoms with Gasteiger partial charge in [0, 0.05) is 12.6 Å². The SMILES string of the molecule is O=C(O)/C=C/CN1CCC(Cc2ccccc2)CC1. The van der Waals surface area contributed by atoms with Gasteiger partial charge in [0.25, 0.3) is 0 Å². The van der Waals surface area contributed by atoms with Crippen molar-refractivity contribution in [1.29, 1.82) is 0 Å². The summed E-state index contributed by atoms with van der Waals surface area (Å²) >= 11 is 0. The zero-order valence-corrected chi connectivity index (χ0v) is 11.2. The predicted octanol–water partition coefficient (Wildman–Crippen LogP) is 2.58. The van der Waals surface area contributed by atoms with E-state index in [0.29, 0.717) is 0 Å². The summed E-state index contributed by atoms with van der Waals surface area (Å²) in [6.45, 7) is 2.90. The van der Waals surface area contributed by atoms with Crippen molar-refractivity contribution in [3.05, 3.63) is 48.0 Å². The first-order valence-electron chi connectivity index (χ1n) is 6.90. The summed E-state index contributed by atoms with van der Waals surface area (Å²) in [5, 5.41) is 8.54. The van der Waals surface area contributed by atoms with Crippen molar-refractivity contribution in [3.63, 3.8) is 0 Å². The summed E-state index contributed by atoms with van der Waals surface area (Å²) in [5.41, 5.74) is 1.42. The third-order valence-corrected chi connectivity index (χ3v) is 3.70. The average molecular weight is 259 g/mol. The number of carbonyl (C=O) groups is 1. The van der Waals surface area contributed by atoms with Crippen molar-refractivity contribution in [2.24, 2.45) is 5.92 Å². The summed E-state index contributed by atoms with van der Waals surface area (Å²) in [4.78, 5) is 12.7. The van der Waals surface area contributed by atoms with E-state index >= 15 is 0 Å². The largest absolute Gasteiger partial charge is 0.478 e. The Bertz CT molecular complexity index is 420. The lowest BCUT2D eigenvalue weighted by atomic mass is 9.90. The van der Waals surface area contributed by atoms with Crippen LogP contribution in [0.1, 0.15) is 18.4 Å². The minimum absolute atomic E-state index is 0.754. The molecule has 0 aromatic heterocycles. The number of hydrogen-bond acceptors (Lipinski definition) is 2. The van der Waals surface area contributed by atoms with Gasteiger partial charge in [-0.15, -0.1) is 0 Å². The third-order valence-electron chi connectivity index (χ3n) is 3.70. The van der Waals surface area contributed by atoms with Gasteiger partial charge >= 0.3 is 5.97 Å². The standard InChI is InChI=1S/C16H21NO2/c18-16(19)7-4-10-17-11-8-15(9-12-17)13-14-5-2-1-3-6-14/h1-7,15H,8-13H2,(H,18,19)/b7-4+. The first kappa shape index (κ1) is 13.8. The Balaban J connectivity index is 1.72. The van der Waals surface area contributed by atoms with Crippen LogP contribution < -0.4 is 0 Å². The monoisotopic (exact) mass is 259 g/mol. The minimum atomic E-state index is -0.862. The first-order valence-corrected chi connectivity index (χ1v) is 6.90.